The summed E-state index contributed by atoms with van der Waals surface area (Å²) in [6.45, 7) is 2.12. The molecule has 5 rings (SSSR count). The first-order valence-electron chi connectivity index (χ1n) is 11.7. The molecule has 3 heterocycles. The van der Waals surface area contributed by atoms with Crippen molar-refractivity contribution in [3.8, 4) is 0 Å². The first-order valence-corrected chi connectivity index (χ1v) is 11.7. The molecule has 3 aliphatic rings. The van der Waals surface area contributed by atoms with Gasteiger partial charge in [-0.1, -0.05) is 18.2 Å². The summed E-state index contributed by atoms with van der Waals surface area (Å²) in [6, 6.07) is 12.1. The highest BCUT2D eigenvalue weighted by molar-refractivity contribution is 5.91. The Labute approximate surface area is 188 Å². The fourth-order valence-corrected chi connectivity index (χ4v) is 5.16. The van der Waals surface area contributed by atoms with Crippen LogP contribution in [0.2, 0.25) is 0 Å². The average Bonchev–Trinajstić information content (AvgIpc) is 3.15. The van der Waals surface area contributed by atoms with E-state index >= 15 is 0 Å². The maximum absolute atomic E-state index is 12.3. The molecule has 3 N–H and O–H groups in total. The number of ether oxygens (including phenoxy) is 1. The van der Waals surface area contributed by atoms with Crippen molar-refractivity contribution in [3.05, 3.63) is 36.4 Å². The molecule has 1 aromatic carbocycles. The number of amides is 2. The fourth-order valence-electron chi connectivity index (χ4n) is 5.16. The molecular formula is C24H31N5O3. The van der Waals surface area contributed by atoms with E-state index in [1.54, 1.807) is 0 Å². The Balaban J connectivity index is 0.994. The van der Waals surface area contributed by atoms with Crippen LogP contribution in [0.4, 0.5) is 5.82 Å². The molecule has 8 heteroatoms. The van der Waals surface area contributed by atoms with Gasteiger partial charge in [-0.3, -0.25) is 19.8 Å². The molecule has 1 aromatic heterocycles. The van der Waals surface area contributed by atoms with Gasteiger partial charge in [0, 0.05) is 31.0 Å². The second-order valence-electron chi connectivity index (χ2n) is 9.13. The van der Waals surface area contributed by atoms with Crippen molar-refractivity contribution in [1.29, 1.82) is 0 Å². The minimum atomic E-state index is -0.00936. The summed E-state index contributed by atoms with van der Waals surface area (Å²) in [5.41, 5.74) is 0.879. The number of para-hydroxylation sites is 1. The van der Waals surface area contributed by atoms with Crippen molar-refractivity contribution >= 4 is 28.5 Å². The van der Waals surface area contributed by atoms with Gasteiger partial charge in [0.15, 0.2) is 0 Å². The molecule has 4 atom stereocenters. The maximum atomic E-state index is 12.3. The zero-order chi connectivity index (χ0) is 21.9. The van der Waals surface area contributed by atoms with Crippen LogP contribution in [-0.4, -0.2) is 59.8 Å². The zero-order valence-electron chi connectivity index (χ0n) is 18.3. The normalized spacial score (nSPS) is 27.6. The second kappa shape index (κ2) is 9.52. The average molecular weight is 438 g/mol. The van der Waals surface area contributed by atoms with Crippen molar-refractivity contribution in [3.63, 3.8) is 0 Å². The minimum Gasteiger partial charge on any atom is -0.378 e. The van der Waals surface area contributed by atoms with Gasteiger partial charge in [0.25, 0.3) is 0 Å². The lowest BCUT2D eigenvalue weighted by molar-refractivity contribution is -0.119. The standard InChI is InChI=1S/C24H31N5O3/c30-22(27-21-11-8-16-5-1-2-6-19(16)25-21)7-3-4-12-32-18-9-10-20-17(13-18)14-29-15-23(31)28-24(29)26-20/h1-2,5-6,8,11,17-18,20,24,26H,3-4,7,9-10,12-15H2,(H,28,31)(H,25,27,30). The van der Waals surface area contributed by atoms with Gasteiger partial charge in [-0.05, 0) is 56.2 Å². The summed E-state index contributed by atoms with van der Waals surface area (Å²) in [7, 11) is 0. The monoisotopic (exact) mass is 437 g/mol. The Morgan fingerprint density at radius 1 is 1.19 bits per heavy atom. The van der Waals surface area contributed by atoms with Gasteiger partial charge in [0.2, 0.25) is 11.8 Å². The van der Waals surface area contributed by atoms with Gasteiger partial charge in [-0.25, -0.2) is 4.98 Å². The topological polar surface area (TPSA) is 95.6 Å². The Bertz CT molecular complexity index is 983. The first-order chi connectivity index (χ1) is 15.6. The third-order valence-corrected chi connectivity index (χ3v) is 6.80. The quantitative estimate of drug-likeness (QED) is 0.575. The Morgan fingerprint density at radius 3 is 3.03 bits per heavy atom. The molecule has 0 bridgehead atoms. The van der Waals surface area contributed by atoms with Crippen LogP contribution in [0, 0.1) is 5.92 Å². The number of hydrogen-bond donors (Lipinski definition) is 3. The molecule has 0 radical (unpaired) electrons. The number of pyridine rings is 1. The Kier molecular flexibility index (Phi) is 6.34. The summed E-state index contributed by atoms with van der Waals surface area (Å²) >= 11 is 0. The predicted octanol–water partition coefficient (Wildman–Crippen LogP) is 2.22. The van der Waals surface area contributed by atoms with Crippen LogP contribution in [0.1, 0.15) is 38.5 Å². The molecule has 0 spiro atoms. The number of benzene rings is 1. The number of aromatic nitrogens is 1. The van der Waals surface area contributed by atoms with E-state index in [1.165, 1.54) is 0 Å². The lowest BCUT2D eigenvalue weighted by atomic mass is 9.81. The maximum Gasteiger partial charge on any atom is 0.236 e. The highest BCUT2D eigenvalue weighted by Gasteiger charge is 2.42. The third-order valence-electron chi connectivity index (χ3n) is 6.80. The molecule has 4 unspecified atom stereocenters. The van der Waals surface area contributed by atoms with Gasteiger partial charge >= 0.3 is 0 Å². The lowest BCUT2D eigenvalue weighted by Gasteiger charge is -2.45. The molecule has 8 nitrogen and oxygen atoms in total. The van der Waals surface area contributed by atoms with Gasteiger partial charge in [-0.15, -0.1) is 0 Å². The second-order valence-corrected chi connectivity index (χ2v) is 9.13. The predicted molar refractivity (Wildman–Crippen MR) is 122 cm³/mol. The van der Waals surface area contributed by atoms with Crippen LogP contribution in [0.25, 0.3) is 10.9 Å². The molecule has 1 saturated carbocycles. The van der Waals surface area contributed by atoms with Crippen molar-refractivity contribution in [1.82, 2.24) is 20.5 Å². The van der Waals surface area contributed by atoms with Crippen molar-refractivity contribution in [2.24, 2.45) is 5.92 Å². The van der Waals surface area contributed by atoms with E-state index in [9.17, 15) is 9.59 Å². The lowest BCUT2D eigenvalue weighted by Crippen LogP contribution is -2.62. The van der Waals surface area contributed by atoms with Crippen molar-refractivity contribution in [2.45, 2.75) is 57.0 Å². The van der Waals surface area contributed by atoms with Crippen LogP contribution < -0.4 is 16.0 Å². The molecule has 170 valence electrons. The number of anilines is 1. The molecular weight excluding hydrogens is 406 g/mol. The highest BCUT2D eigenvalue weighted by Crippen LogP contribution is 2.31. The van der Waals surface area contributed by atoms with Crippen LogP contribution in [0.3, 0.4) is 0 Å². The number of carbonyl (C=O) groups excluding carboxylic acids is 2. The molecule has 32 heavy (non-hydrogen) atoms. The van der Waals surface area contributed by atoms with Crippen molar-refractivity contribution in [2.75, 3.05) is 25.0 Å². The SMILES string of the molecule is O=C(CCCCOC1CCC2NC3NC(=O)CN3CC2C1)Nc1ccc2ccccc2n1. The van der Waals surface area contributed by atoms with E-state index in [0.29, 0.717) is 37.4 Å². The fraction of sp³-hybridized carbons (Fsp3) is 0.542. The number of unbranched alkanes of at least 4 members (excludes halogenated alkanes) is 1. The number of hydrogen-bond acceptors (Lipinski definition) is 6. The summed E-state index contributed by atoms with van der Waals surface area (Å²) in [5.74, 6) is 1.22. The van der Waals surface area contributed by atoms with E-state index in [4.69, 9.17) is 4.74 Å². The highest BCUT2D eigenvalue weighted by atomic mass is 16.5. The summed E-state index contributed by atoms with van der Waals surface area (Å²) < 4.78 is 6.14. The van der Waals surface area contributed by atoms with Gasteiger partial charge in [0.05, 0.1) is 18.2 Å². The van der Waals surface area contributed by atoms with Gasteiger partial charge in [0.1, 0.15) is 12.1 Å². The minimum absolute atomic E-state index is 0.00936. The number of nitrogens with one attached hydrogen (secondary N) is 3. The largest absolute Gasteiger partial charge is 0.378 e. The Morgan fingerprint density at radius 2 is 2.09 bits per heavy atom. The smallest absolute Gasteiger partial charge is 0.236 e. The molecule has 2 amide bonds. The summed E-state index contributed by atoms with van der Waals surface area (Å²) in [6.07, 6.45) is 5.57. The van der Waals surface area contributed by atoms with E-state index in [1.807, 2.05) is 36.4 Å². The molecule has 3 fully saturated rings. The van der Waals surface area contributed by atoms with Crippen LogP contribution in [0.5, 0.6) is 0 Å². The zero-order valence-corrected chi connectivity index (χ0v) is 18.3. The molecule has 2 aromatic rings. The van der Waals surface area contributed by atoms with E-state index < -0.39 is 0 Å². The van der Waals surface area contributed by atoms with Crippen LogP contribution >= 0.6 is 0 Å². The number of fused-ring (bicyclic) bond motifs is 3. The number of rotatable bonds is 7. The summed E-state index contributed by atoms with van der Waals surface area (Å²) in [4.78, 5) is 30.6. The Hall–Kier alpha value is -2.55. The first kappa shape index (κ1) is 21.3. The molecule has 1 aliphatic carbocycles. The third kappa shape index (κ3) is 4.92. The number of nitrogens with zero attached hydrogens (tertiary/aromatic N) is 2. The van der Waals surface area contributed by atoms with E-state index in [2.05, 4.69) is 25.8 Å². The molecule has 2 saturated heterocycles. The van der Waals surface area contributed by atoms with Crippen molar-refractivity contribution < 1.29 is 14.3 Å². The van der Waals surface area contributed by atoms with E-state index in [0.717, 1.165) is 49.6 Å². The number of carbonyl (C=O) groups is 2. The van der Waals surface area contributed by atoms with Gasteiger partial charge in [-0.2, -0.15) is 0 Å². The molecule has 2 aliphatic heterocycles. The van der Waals surface area contributed by atoms with Crippen LogP contribution in [-0.2, 0) is 14.3 Å². The van der Waals surface area contributed by atoms with Gasteiger partial charge < -0.3 is 15.4 Å². The van der Waals surface area contributed by atoms with E-state index in [-0.39, 0.29) is 24.2 Å². The summed E-state index contributed by atoms with van der Waals surface area (Å²) in [5, 5.41) is 10.5. The van der Waals surface area contributed by atoms with Crippen LogP contribution in [0.15, 0.2) is 36.4 Å².